The molecular weight excluding hydrogens is 1440 g/mol. The van der Waals surface area contributed by atoms with Gasteiger partial charge in [0.1, 0.15) is 0 Å². The van der Waals surface area contributed by atoms with E-state index in [1.54, 1.807) is 37.6 Å². The molecule has 0 aliphatic carbocycles. The summed E-state index contributed by atoms with van der Waals surface area (Å²) in [4.78, 5) is 4.33. The second-order valence-electron chi connectivity index (χ2n) is 16.3. The molecule has 53 heavy (non-hydrogen) atoms. The van der Waals surface area contributed by atoms with E-state index in [9.17, 15) is 5.11 Å². The standard InChI is InChI=1S/C16H34N2O4P2.C14H29N2O4P.C3H9P.4W/c1-13-7-17(3)9-15(21-13)12-20-24(6)18-8-14(2)22-16(10-18)11-19-23(4)5;1-11-5-15(3)7-14(20-11)10-18-21(4)16-6-12(2)19-13(8-16)9-17;1-4(2)3;;;;/h13-16H,7-12H2,1-6H3;11-14,17H,5-10H2,1-4H3;1-3H3;;;;. The monoisotopic (exact) mass is 1510 g/mol. The van der Waals surface area contributed by atoms with Crippen LogP contribution in [0.2, 0.25) is 0 Å². The van der Waals surface area contributed by atoms with Crippen molar-refractivity contribution in [2.24, 2.45) is 0 Å². The van der Waals surface area contributed by atoms with Crippen LogP contribution in [0, 0.1) is 0 Å². The Bertz CT molecular complexity index is 1270. The normalized spacial score (nSPS) is 33.8. The van der Waals surface area contributed by atoms with Crippen molar-refractivity contribution in [3.05, 3.63) is 0 Å². The van der Waals surface area contributed by atoms with Crippen LogP contribution in [0.25, 0.3) is 0 Å². The number of aliphatic hydroxyl groups excluding tert-OH is 1. The van der Waals surface area contributed by atoms with Gasteiger partial charge in [0.25, 0.3) is 0 Å². The van der Waals surface area contributed by atoms with E-state index < -0.39 is 15.7 Å². The number of hydrogen-bond donors (Lipinski definition) is 1. The Morgan fingerprint density at radius 2 is 0.811 bits per heavy atom. The van der Waals surface area contributed by atoms with Crippen LogP contribution in [0.4, 0.5) is 0 Å². The molecule has 0 amide bonds. The maximum absolute atomic E-state index is 9.39. The Labute approximate surface area is 365 Å². The van der Waals surface area contributed by atoms with E-state index >= 15 is 0 Å². The molecule has 1 N–H and O–H groups in total. The van der Waals surface area contributed by atoms with Crippen LogP contribution >= 0.6 is 20.6 Å². The summed E-state index contributed by atoms with van der Waals surface area (Å²) in [5, 5.41) is 5.08. The Morgan fingerprint density at radius 1 is 0.509 bits per heavy atom. The third-order valence-electron chi connectivity index (χ3n) is 8.43. The zero-order valence-electron chi connectivity index (χ0n) is 34.6. The van der Waals surface area contributed by atoms with Crippen LogP contribution in [0.15, 0.2) is 0 Å². The van der Waals surface area contributed by atoms with E-state index in [1.165, 1.54) is 37.6 Å². The first-order valence-corrected chi connectivity index (χ1v) is 43.9. The first-order valence-electron chi connectivity index (χ1n) is 18.5. The molecular formula is C33H72N4O8P4W4. The molecule has 4 fully saturated rings. The van der Waals surface area contributed by atoms with Gasteiger partial charge in [-0.1, -0.05) is 0 Å². The first-order chi connectivity index (χ1) is 24.2. The summed E-state index contributed by atoms with van der Waals surface area (Å²) in [6.07, 6.45) is 1.30. The number of aliphatic hydroxyl groups is 1. The fourth-order valence-electron chi connectivity index (χ4n) is 6.43. The van der Waals surface area contributed by atoms with Gasteiger partial charge in [0.2, 0.25) is 0 Å². The number of ether oxygens (including phenoxy) is 4. The molecule has 10 atom stereocenters. The molecule has 4 heterocycles. The van der Waals surface area contributed by atoms with Gasteiger partial charge in [-0.05, 0) is 0 Å². The van der Waals surface area contributed by atoms with Crippen molar-refractivity contribution < 1.29 is 113 Å². The third-order valence-corrected chi connectivity index (χ3v) is 21.6. The molecule has 0 spiro atoms. The molecule has 4 saturated heterocycles. The van der Waals surface area contributed by atoms with Gasteiger partial charge >= 0.3 is 369 Å². The minimum atomic E-state index is -1.58. The van der Waals surface area contributed by atoms with Crippen LogP contribution in [0.5, 0.6) is 0 Å². The predicted octanol–water partition coefficient (Wildman–Crippen LogP) is 4.52. The summed E-state index contributed by atoms with van der Waals surface area (Å²) < 4.78 is 47.8. The van der Waals surface area contributed by atoms with Crippen molar-refractivity contribution >= 4 is 20.6 Å². The second kappa shape index (κ2) is 24.6. The Morgan fingerprint density at radius 3 is 1.15 bits per heavy atom. The van der Waals surface area contributed by atoms with Gasteiger partial charge in [0.05, 0.1) is 0 Å². The number of morpholine rings is 4. The van der Waals surface area contributed by atoms with Gasteiger partial charge in [0.15, 0.2) is 0 Å². The van der Waals surface area contributed by atoms with Gasteiger partial charge < -0.3 is 0 Å². The summed E-state index contributed by atoms with van der Waals surface area (Å²) in [5.74, 6) is 0. The first kappa shape index (κ1) is 53.1. The molecule has 20 heteroatoms. The van der Waals surface area contributed by atoms with E-state index in [4.69, 9.17) is 32.5 Å². The van der Waals surface area contributed by atoms with Gasteiger partial charge in [-0.15, -0.1) is 0 Å². The molecule has 0 aromatic rings. The summed E-state index contributed by atoms with van der Waals surface area (Å²) in [5.41, 5.74) is 0. The van der Waals surface area contributed by atoms with Crippen LogP contribution < -0.4 is 0 Å². The number of nitrogens with zero attached hydrogens (tertiary/aromatic N) is 4. The zero-order valence-corrected chi connectivity index (χ0v) is 49.9. The Hall–Kier alpha value is 3.99. The molecule has 316 valence electrons. The van der Waals surface area contributed by atoms with E-state index in [0.717, 1.165) is 52.4 Å². The fraction of sp³-hybridized carbons (Fsp3) is 1.00. The topological polar surface area (TPSA) is 97.8 Å². The molecule has 4 rings (SSSR count). The van der Waals surface area contributed by atoms with Crippen molar-refractivity contribution in [3.8, 4) is 0 Å². The minimum absolute atomic E-state index is 0.0736. The number of likely N-dealkylation sites (N-methyl/N-ethyl adjacent to an activating group) is 2. The quantitative estimate of drug-likeness (QED) is 0.279. The van der Waals surface area contributed by atoms with E-state index in [0.29, 0.717) is 19.8 Å². The zero-order chi connectivity index (χ0) is 40.4. The molecule has 0 saturated carbocycles. The molecule has 0 radical (unpaired) electrons. The van der Waals surface area contributed by atoms with Crippen molar-refractivity contribution in [1.82, 2.24) is 19.1 Å². The van der Waals surface area contributed by atoms with Gasteiger partial charge in [-0.2, -0.15) is 0 Å². The number of rotatable bonds is 12. The molecule has 0 aromatic heterocycles. The van der Waals surface area contributed by atoms with Crippen LogP contribution in [0.3, 0.4) is 0 Å². The van der Waals surface area contributed by atoms with Crippen molar-refractivity contribution in [2.75, 3.05) is 140 Å². The fourth-order valence-corrected chi connectivity index (χ4v) is 15.0. The Balaban J connectivity index is 0.000000329. The summed E-state index contributed by atoms with van der Waals surface area (Å²) in [7, 11) is 4.29. The van der Waals surface area contributed by atoms with Crippen LogP contribution in [0.1, 0.15) is 27.7 Å². The maximum atomic E-state index is 9.39. The Kier molecular flexibility index (Phi) is 24.6. The van der Waals surface area contributed by atoms with E-state index in [2.05, 4.69) is 108 Å². The molecule has 4 aliphatic heterocycles. The van der Waals surface area contributed by atoms with Crippen molar-refractivity contribution in [2.45, 2.75) is 76.5 Å². The van der Waals surface area contributed by atoms with Crippen molar-refractivity contribution in [1.29, 1.82) is 0 Å². The van der Waals surface area contributed by atoms with Crippen LogP contribution in [-0.2, 0) is 108 Å². The SMILES string of the molecule is CC1CN(C)CC(CO[P](C)(=[W])N2CC(C)OC(CO)C2)O1.CC1CN(C)CC(CO[P](C)(=[W])N2CC(C)OC(CO[P](C)(C)=[W])C2)O1.C[P](C)(C)=[W]. The van der Waals surface area contributed by atoms with Gasteiger partial charge in [-0.25, -0.2) is 0 Å². The van der Waals surface area contributed by atoms with Gasteiger partial charge in [-0.3, -0.25) is 0 Å². The van der Waals surface area contributed by atoms with E-state index in [1.807, 2.05) is 0 Å². The average Bonchev–Trinajstić information content (AvgIpc) is 3.00. The molecule has 4 aliphatic rings. The molecule has 10 unspecified atom stereocenters. The van der Waals surface area contributed by atoms with Crippen molar-refractivity contribution in [3.63, 3.8) is 0 Å². The third kappa shape index (κ3) is 23.1. The average molecular weight is 1510 g/mol. The predicted molar refractivity (Wildman–Crippen MR) is 210 cm³/mol. The number of hydrogen-bond acceptors (Lipinski definition) is 12. The molecule has 0 bridgehead atoms. The summed E-state index contributed by atoms with van der Waals surface area (Å²) in [6.45, 7) is 34.0. The molecule has 0 aromatic carbocycles. The van der Waals surface area contributed by atoms with Gasteiger partial charge in [0, 0.05) is 0 Å². The van der Waals surface area contributed by atoms with E-state index in [-0.39, 0.29) is 60.3 Å². The summed E-state index contributed by atoms with van der Waals surface area (Å²) >= 11 is 6.34. The summed E-state index contributed by atoms with van der Waals surface area (Å²) in [6, 6.07) is 0. The molecule has 12 nitrogen and oxygen atoms in total. The van der Waals surface area contributed by atoms with Crippen LogP contribution in [-0.4, -0.2) is 213 Å². The second-order valence-corrected chi connectivity index (χ2v) is 63.6.